The van der Waals surface area contributed by atoms with Crippen molar-refractivity contribution in [3.05, 3.63) is 30.6 Å². The van der Waals surface area contributed by atoms with Gasteiger partial charge in [-0.05, 0) is 11.6 Å². The molecule has 0 spiro atoms. The summed E-state index contributed by atoms with van der Waals surface area (Å²) < 4.78 is 0. The van der Waals surface area contributed by atoms with Gasteiger partial charge < -0.3 is 10.2 Å². The van der Waals surface area contributed by atoms with Crippen molar-refractivity contribution in [1.82, 2.24) is 10.3 Å². The summed E-state index contributed by atoms with van der Waals surface area (Å²) in [6.07, 6.45) is 5.64. The van der Waals surface area contributed by atoms with Gasteiger partial charge >= 0.3 is 0 Å². The van der Waals surface area contributed by atoms with E-state index >= 15 is 0 Å². The Labute approximate surface area is 89.8 Å². The zero-order chi connectivity index (χ0) is 10.3. The van der Waals surface area contributed by atoms with Gasteiger partial charge in [-0.1, -0.05) is 12.7 Å². The summed E-state index contributed by atoms with van der Waals surface area (Å²) in [7, 11) is 0. The van der Waals surface area contributed by atoms with Crippen LogP contribution in [0.2, 0.25) is 0 Å². The maximum atomic E-state index is 4.24. The van der Waals surface area contributed by atoms with Crippen LogP contribution < -0.4 is 10.2 Å². The molecule has 0 bridgehead atoms. The quantitative estimate of drug-likeness (QED) is 0.777. The van der Waals surface area contributed by atoms with Crippen molar-refractivity contribution in [2.45, 2.75) is 6.04 Å². The molecule has 2 fully saturated rings. The second-order valence-corrected chi connectivity index (χ2v) is 4.32. The van der Waals surface area contributed by atoms with Gasteiger partial charge in [0.15, 0.2) is 0 Å². The minimum Gasteiger partial charge on any atom is -0.365 e. The first kappa shape index (κ1) is 8.92. The van der Waals surface area contributed by atoms with Gasteiger partial charge in [0.25, 0.3) is 0 Å². The van der Waals surface area contributed by atoms with Crippen LogP contribution in [0, 0.1) is 5.92 Å². The molecule has 15 heavy (non-hydrogen) atoms. The van der Waals surface area contributed by atoms with E-state index in [2.05, 4.69) is 27.8 Å². The average Bonchev–Trinajstić information content (AvgIpc) is 2.61. The Balaban J connectivity index is 1.84. The number of aromatic nitrogens is 1. The fourth-order valence-electron chi connectivity index (χ4n) is 2.53. The molecule has 0 unspecified atom stereocenters. The molecule has 78 valence electrons. The highest BCUT2D eigenvalue weighted by molar-refractivity contribution is 5.57. The van der Waals surface area contributed by atoms with Gasteiger partial charge in [0.05, 0.1) is 11.9 Å². The predicted octanol–water partition coefficient (Wildman–Crippen LogP) is 1.13. The van der Waals surface area contributed by atoms with Crippen molar-refractivity contribution in [3.8, 4) is 0 Å². The summed E-state index contributed by atoms with van der Waals surface area (Å²) in [4.78, 5) is 6.67. The minimum absolute atomic E-state index is 0.687. The third-order valence-electron chi connectivity index (χ3n) is 3.45. The Morgan fingerprint density at radius 2 is 2.40 bits per heavy atom. The molecule has 2 saturated heterocycles. The van der Waals surface area contributed by atoms with Crippen LogP contribution in [0.3, 0.4) is 0 Å². The lowest BCUT2D eigenvalue weighted by atomic mass is 9.91. The average molecular weight is 201 g/mol. The molecule has 1 N–H and O–H groups in total. The number of fused-ring (bicyclic) bond motifs is 1. The largest absolute Gasteiger partial charge is 0.365 e. The first-order valence-electron chi connectivity index (χ1n) is 5.43. The molecule has 2 aliphatic rings. The molecule has 0 aromatic carbocycles. The van der Waals surface area contributed by atoms with E-state index in [-0.39, 0.29) is 0 Å². The summed E-state index contributed by atoms with van der Waals surface area (Å²) in [5, 5.41) is 3.43. The Morgan fingerprint density at radius 1 is 1.47 bits per heavy atom. The van der Waals surface area contributed by atoms with Gasteiger partial charge in [0.2, 0.25) is 0 Å². The third-order valence-corrected chi connectivity index (χ3v) is 3.45. The van der Waals surface area contributed by atoms with Gasteiger partial charge in [0.1, 0.15) is 0 Å². The fraction of sp³-hybridized carbons (Fsp3) is 0.417. The third kappa shape index (κ3) is 1.35. The number of hydrogen-bond donors (Lipinski definition) is 1. The summed E-state index contributed by atoms with van der Waals surface area (Å²) in [5.74, 6) is 0.845. The van der Waals surface area contributed by atoms with Crippen LogP contribution in [-0.2, 0) is 0 Å². The second-order valence-electron chi connectivity index (χ2n) is 4.32. The van der Waals surface area contributed by atoms with E-state index in [1.807, 2.05) is 18.5 Å². The maximum absolute atomic E-state index is 4.24. The lowest BCUT2D eigenvalue weighted by molar-refractivity contribution is 0.365. The van der Waals surface area contributed by atoms with Crippen LogP contribution in [0.1, 0.15) is 5.56 Å². The van der Waals surface area contributed by atoms with Crippen LogP contribution in [-0.4, -0.2) is 30.7 Å². The van der Waals surface area contributed by atoms with Crippen molar-refractivity contribution < 1.29 is 0 Å². The first-order valence-corrected chi connectivity index (χ1v) is 5.43. The zero-order valence-electron chi connectivity index (χ0n) is 8.69. The molecule has 0 aliphatic carbocycles. The number of rotatable bonds is 2. The Morgan fingerprint density at radius 3 is 3.20 bits per heavy atom. The molecule has 0 radical (unpaired) electrons. The van der Waals surface area contributed by atoms with Crippen LogP contribution in [0.5, 0.6) is 0 Å². The summed E-state index contributed by atoms with van der Waals surface area (Å²) in [6.45, 7) is 7.23. The smallest absolute Gasteiger partial charge is 0.0561 e. The highest BCUT2D eigenvalue weighted by atomic mass is 15.3. The van der Waals surface area contributed by atoms with Crippen molar-refractivity contribution in [2.75, 3.05) is 24.5 Å². The molecule has 1 aromatic rings. The van der Waals surface area contributed by atoms with Gasteiger partial charge in [0, 0.05) is 37.8 Å². The molecular formula is C12H15N3. The van der Waals surface area contributed by atoms with Crippen molar-refractivity contribution >= 4 is 11.8 Å². The Bertz CT molecular complexity index is 388. The van der Waals surface area contributed by atoms with Crippen LogP contribution in [0.25, 0.3) is 6.08 Å². The van der Waals surface area contributed by atoms with Crippen LogP contribution >= 0.6 is 0 Å². The molecule has 2 aliphatic heterocycles. The molecule has 2 atom stereocenters. The summed E-state index contributed by atoms with van der Waals surface area (Å²) in [6, 6.07) is 2.85. The van der Waals surface area contributed by atoms with E-state index in [1.165, 1.54) is 18.8 Å². The Hall–Kier alpha value is -1.35. The predicted molar refractivity (Wildman–Crippen MR) is 61.8 cm³/mol. The van der Waals surface area contributed by atoms with Crippen LogP contribution in [0.4, 0.5) is 5.69 Å². The molecule has 3 heteroatoms. The maximum Gasteiger partial charge on any atom is 0.0561 e. The second kappa shape index (κ2) is 3.35. The Kier molecular flexibility index (Phi) is 1.99. The number of anilines is 1. The van der Waals surface area contributed by atoms with Crippen LogP contribution in [0.15, 0.2) is 25.0 Å². The summed E-state index contributed by atoms with van der Waals surface area (Å²) >= 11 is 0. The van der Waals surface area contributed by atoms with Gasteiger partial charge in [-0.25, -0.2) is 0 Å². The molecule has 3 nitrogen and oxygen atoms in total. The molecule has 1 aromatic heterocycles. The van der Waals surface area contributed by atoms with E-state index in [0.717, 1.165) is 18.0 Å². The number of nitrogens with one attached hydrogen (secondary N) is 1. The lowest BCUT2D eigenvalue weighted by Crippen LogP contribution is -2.55. The molecule has 0 saturated carbocycles. The van der Waals surface area contributed by atoms with Crippen molar-refractivity contribution in [1.29, 1.82) is 0 Å². The number of pyridine rings is 1. The molecule has 3 heterocycles. The topological polar surface area (TPSA) is 28.2 Å². The normalized spacial score (nSPS) is 28.4. The van der Waals surface area contributed by atoms with Gasteiger partial charge in [-0.15, -0.1) is 0 Å². The van der Waals surface area contributed by atoms with Crippen molar-refractivity contribution in [3.63, 3.8) is 0 Å². The standard InChI is InChI=1S/C12H15N3/c1-2-9-3-11(6-13-4-9)15-8-10-5-14-7-12(10)15/h2-4,6,10,12,14H,1,5,7-8H2/t10-,12-/m0/s1. The molecule has 3 rings (SSSR count). The highest BCUT2D eigenvalue weighted by Gasteiger charge is 2.42. The van der Waals surface area contributed by atoms with Crippen molar-refractivity contribution in [2.24, 2.45) is 5.92 Å². The molecule has 0 amide bonds. The van der Waals surface area contributed by atoms with E-state index in [4.69, 9.17) is 0 Å². The number of hydrogen-bond acceptors (Lipinski definition) is 3. The van der Waals surface area contributed by atoms with E-state index in [9.17, 15) is 0 Å². The van der Waals surface area contributed by atoms with Gasteiger partial charge in [-0.3, -0.25) is 4.98 Å². The van der Waals surface area contributed by atoms with E-state index in [1.54, 1.807) is 0 Å². The molecular weight excluding hydrogens is 186 g/mol. The highest BCUT2D eigenvalue weighted by Crippen LogP contribution is 2.33. The number of nitrogens with zero attached hydrogens (tertiary/aromatic N) is 2. The lowest BCUT2D eigenvalue weighted by Gasteiger charge is -2.45. The minimum atomic E-state index is 0.687. The fourth-order valence-corrected chi connectivity index (χ4v) is 2.53. The summed E-state index contributed by atoms with van der Waals surface area (Å²) in [5.41, 5.74) is 2.33. The SMILES string of the molecule is C=Cc1cncc(N2C[C@@H]3CNC[C@@H]32)c1. The monoisotopic (exact) mass is 201 g/mol. The van der Waals surface area contributed by atoms with E-state index < -0.39 is 0 Å². The van der Waals surface area contributed by atoms with E-state index in [0.29, 0.717) is 6.04 Å². The first-order chi connectivity index (χ1) is 7.38. The van der Waals surface area contributed by atoms with Gasteiger partial charge in [-0.2, -0.15) is 0 Å². The zero-order valence-corrected chi connectivity index (χ0v) is 8.69.